The van der Waals surface area contributed by atoms with Gasteiger partial charge in [-0.3, -0.25) is 4.79 Å². The lowest BCUT2D eigenvalue weighted by atomic mass is 9.77. The number of amides is 2. The molecule has 1 atom stereocenters. The number of carboxylic acid groups (broad SMARTS) is 1. The standard InChI is InChI=1S/C15H26N2O3/c1-2-12(13(18)19)11-16-14(20)17-9-7-15(8-10-17)5-3-4-6-15/h12H,2-11H2,1H3,(H,16,20)(H,18,19). The lowest BCUT2D eigenvalue weighted by Gasteiger charge is -2.39. The van der Waals surface area contributed by atoms with Gasteiger partial charge >= 0.3 is 12.0 Å². The van der Waals surface area contributed by atoms with E-state index in [-0.39, 0.29) is 12.6 Å². The monoisotopic (exact) mass is 282 g/mol. The van der Waals surface area contributed by atoms with Gasteiger partial charge < -0.3 is 15.3 Å². The van der Waals surface area contributed by atoms with Crippen LogP contribution >= 0.6 is 0 Å². The lowest BCUT2D eigenvalue weighted by Crippen LogP contribution is -2.48. The number of carbonyl (C=O) groups excluding carboxylic acids is 1. The van der Waals surface area contributed by atoms with Crippen LogP contribution in [-0.4, -0.2) is 41.6 Å². The first-order chi connectivity index (χ1) is 9.56. The Balaban J connectivity index is 1.75. The maximum absolute atomic E-state index is 12.1. The van der Waals surface area contributed by atoms with Gasteiger partial charge in [0.2, 0.25) is 0 Å². The van der Waals surface area contributed by atoms with E-state index >= 15 is 0 Å². The summed E-state index contributed by atoms with van der Waals surface area (Å²) in [6.45, 7) is 3.69. The summed E-state index contributed by atoms with van der Waals surface area (Å²) in [4.78, 5) is 24.8. The number of carbonyl (C=O) groups is 2. The number of urea groups is 1. The summed E-state index contributed by atoms with van der Waals surface area (Å²) < 4.78 is 0. The van der Waals surface area contributed by atoms with Crippen molar-refractivity contribution in [3.63, 3.8) is 0 Å². The minimum absolute atomic E-state index is 0.0995. The number of piperidine rings is 1. The molecular weight excluding hydrogens is 256 g/mol. The molecule has 1 aliphatic heterocycles. The van der Waals surface area contributed by atoms with E-state index in [1.54, 1.807) is 0 Å². The largest absolute Gasteiger partial charge is 0.481 e. The van der Waals surface area contributed by atoms with Crippen LogP contribution in [0.2, 0.25) is 0 Å². The van der Waals surface area contributed by atoms with Crippen LogP contribution in [0.15, 0.2) is 0 Å². The molecule has 1 aliphatic carbocycles. The van der Waals surface area contributed by atoms with E-state index in [0.29, 0.717) is 11.8 Å². The predicted octanol–water partition coefficient (Wildman–Crippen LogP) is 2.46. The van der Waals surface area contributed by atoms with Crippen molar-refractivity contribution >= 4 is 12.0 Å². The van der Waals surface area contributed by atoms with Crippen LogP contribution in [0.3, 0.4) is 0 Å². The van der Waals surface area contributed by atoms with Crippen molar-refractivity contribution in [1.82, 2.24) is 10.2 Å². The Morgan fingerprint density at radius 3 is 2.30 bits per heavy atom. The molecule has 1 saturated heterocycles. The number of nitrogens with one attached hydrogen (secondary N) is 1. The molecule has 1 unspecified atom stereocenters. The molecule has 0 aromatic heterocycles. The van der Waals surface area contributed by atoms with Crippen LogP contribution in [0.4, 0.5) is 4.79 Å². The van der Waals surface area contributed by atoms with Crippen molar-refractivity contribution in [2.24, 2.45) is 11.3 Å². The Hall–Kier alpha value is -1.26. The van der Waals surface area contributed by atoms with E-state index in [1.807, 2.05) is 11.8 Å². The smallest absolute Gasteiger partial charge is 0.317 e. The van der Waals surface area contributed by atoms with Crippen molar-refractivity contribution in [2.45, 2.75) is 51.9 Å². The number of rotatable bonds is 4. The van der Waals surface area contributed by atoms with E-state index in [0.717, 1.165) is 25.9 Å². The molecule has 1 saturated carbocycles. The number of hydrogen-bond acceptors (Lipinski definition) is 2. The van der Waals surface area contributed by atoms with E-state index in [2.05, 4.69) is 5.32 Å². The summed E-state index contributed by atoms with van der Waals surface area (Å²) >= 11 is 0. The summed E-state index contributed by atoms with van der Waals surface area (Å²) in [6, 6.07) is -0.0995. The minimum atomic E-state index is -0.837. The molecule has 0 aromatic rings. The molecule has 20 heavy (non-hydrogen) atoms. The van der Waals surface area contributed by atoms with Gasteiger partial charge in [-0.15, -0.1) is 0 Å². The highest BCUT2D eigenvalue weighted by Gasteiger charge is 2.37. The fourth-order valence-electron chi connectivity index (χ4n) is 3.54. The lowest BCUT2D eigenvalue weighted by molar-refractivity contribution is -0.141. The molecule has 0 aromatic carbocycles. The average Bonchev–Trinajstić information content (AvgIpc) is 2.88. The highest BCUT2D eigenvalue weighted by Crippen LogP contribution is 2.46. The van der Waals surface area contributed by atoms with E-state index in [9.17, 15) is 9.59 Å². The summed E-state index contributed by atoms with van der Waals surface area (Å²) in [6.07, 6.45) is 8.07. The number of likely N-dealkylation sites (tertiary alicyclic amines) is 1. The average molecular weight is 282 g/mol. The first-order valence-electron chi connectivity index (χ1n) is 7.82. The third kappa shape index (κ3) is 3.44. The van der Waals surface area contributed by atoms with Crippen LogP contribution in [0.25, 0.3) is 0 Å². The molecule has 5 heteroatoms. The van der Waals surface area contributed by atoms with Gasteiger partial charge in [0.25, 0.3) is 0 Å². The summed E-state index contributed by atoms with van der Waals surface area (Å²) in [7, 11) is 0. The van der Waals surface area contributed by atoms with Crippen LogP contribution in [0, 0.1) is 11.3 Å². The number of aliphatic carboxylic acids is 1. The van der Waals surface area contributed by atoms with Gasteiger partial charge in [0.15, 0.2) is 0 Å². The molecule has 0 bridgehead atoms. The maximum Gasteiger partial charge on any atom is 0.317 e. The zero-order valence-electron chi connectivity index (χ0n) is 12.4. The second-order valence-electron chi connectivity index (χ2n) is 6.32. The van der Waals surface area contributed by atoms with Crippen LogP contribution in [0.5, 0.6) is 0 Å². The molecule has 2 aliphatic rings. The van der Waals surface area contributed by atoms with Gasteiger partial charge in [0, 0.05) is 19.6 Å². The van der Waals surface area contributed by atoms with Crippen molar-refractivity contribution in [1.29, 1.82) is 0 Å². The highest BCUT2D eigenvalue weighted by molar-refractivity contribution is 5.76. The summed E-state index contributed by atoms with van der Waals surface area (Å²) in [5.74, 6) is -1.32. The van der Waals surface area contributed by atoms with Crippen molar-refractivity contribution < 1.29 is 14.7 Å². The third-order valence-electron chi connectivity index (χ3n) is 5.12. The van der Waals surface area contributed by atoms with Gasteiger partial charge in [-0.2, -0.15) is 0 Å². The molecule has 114 valence electrons. The highest BCUT2D eigenvalue weighted by atomic mass is 16.4. The molecule has 1 spiro atoms. The fourth-order valence-corrected chi connectivity index (χ4v) is 3.54. The second kappa shape index (κ2) is 6.46. The van der Waals surface area contributed by atoms with Gasteiger partial charge in [0.1, 0.15) is 0 Å². The minimum Gasteiger partial charge on any atom is -0.481 e. The van der Waals surface area contributed by atoms with Crippen molar-refractivity contribution in [3.8, 4) is 0 Å². The molecule has 2 N–H and O–H groups in total. The SMILES string of the molecule is CCC(CNC(=O)N1CCC2(CCCC2)CC1)C(=O)O. The topological polar surface area (TPSA) is 69.6 Å². The molecular formula is C15H26N2O3. The number of hydrogen-bond donors (Lipinski definition) is 2. The normalized spacial score (nSPS) is 22.8. The Kier molecular flexibility index (Phi) is 4.89. The van der Waals surface area contributed by atoms with E-state index in [4.69, 9.17) is 5.11 Å². The molecule has 1 heterocycles. The van der Waals surface area contributed by atoms with Gasteiger partial charge in [-0.1, -0.05) is 19.8 Å². The van der Waals surface area contributed by atoms with E-state index < -0.39 is 11.9 Å². The Labute approximate surface area is 120 Å². The third-order valence-corrected chi connectivity index (χ3v) is 5.12. The molecule has 2 fully saturated rings. The number of nitrogens with zero attached hydrogens (tertiary/aromatic N) is 1. The zero-order valence-corrected chi connectivity index (χ0v) is 12.4. The molecule has 2 rings (SSSR count). The molecule has 0 radical (unpaired) electrons. The Morgan fingerprint density at radius 2 is 1.80 bits per heavy atom. The Bertz CT molecular complexity index is 354. The summed E-state index contributed by atoms with van der Waals surface area (Å²) in [5, 5.41) is 11.7. The summed E-state index contributed by atoms with van der Waals surface area (Å²) in [5.41, 5.74) is 0.504. The van der Waals surface area contributed by atoms with Crippen molar-refractivity contribution in [3.05, 3.63) is 0 Å². The van der Waals surface area contributed by atoms with Gasteiger partial charge in [0.05, 0.1) is 5.92 Å². The van der Waals surface area contributed by atoms with Gasteiger partial charge in [-0.05, 0) is 37.5 Å². The Morgan fingerprint density at radius 1 is 1.20 bits per heavy atom. The first kappa shape index (κ1) is 15.1. The van der Waals surface area contributed by atoms with Gasteiger partial charge in [-0.25, -0.2) is 4.79 Å². The quantitative estimate of drug-likeness (QED) is 0.832. The van der Waals surface area contributed by atoms with Crippen LogP contribution in [0.1, 0.15) is 51.9 Å². The fraction of sp³-hybridized carbons (Fsp3) is 0.867. The molecule has 2 amide bonds. The second-order valence-corrected chi connectivity index (χ2v) is 6.32. The first-order valence-corrected chi connectivity index (χ1v) is 7.82. The van der Waals surface area contributed by atoms with E-state index in [1.165, 1.54) is 25.7 Å². The maximum atomic E-state index is 12.1. The van der Waals surface area contributed by atoms with Crippen molar-refractivity contribution in [2.75, 3.05) is 19.6 Å². The van der Waals surface area contributed by atoms with Crippen LogP contribution < -0.4 is 5.32 Å². The predicted molar refractivity (Wildman–Crippen MR) is 76.5 cm³/mol. The molecule has 5 nitrogen and oxygen atoms in total. The number of carboxylic acids is 1. The zero-order chi connectivity index (χ0) is 14.6. The van der Waals surface area contributed by atoms with Crippen LogP contribution in [-0.2, 0) is 4.79 Å².